The van der Waals surface area contributed by atoms with Gasteiger partial charge in [0.1, 0.15) is 5.75 Å². The highest BCUT2D eigenvalue weighted by Crippen LogP contribution is 2.18. The molecule has 0 spiro atoms. The summed E-state index contributed by atoms with van der Waals surface area (Å²) in [6.45, 7) is 3.43. The maximum atomic E-state index is 12.1. The quantitative estimate of drug-likeness (QED) is 0.741. The van der Waals surface area contributed by atoms with Crippen molar-refractivity contribution < 1.29 is 9.53 Å². The van der Waals surface area contributed by atoms with Crippen LogP contribution in [0.5, 0.6) is 5.75 Å². The molecule has 1 fully saturated rings. The molecule has 1 aliphatic heterocycles. The van der Waals surface area contributed by atoms with Gasteiger partial charge in [-0.25, -0.2) is 0 Å². The van der Waals surface area contributed by atoms with Gasteiger partial charge in [-0.2, -0.15) is 0 Å². The van der Waals surface area contributed by atoms with Crippen molar-refractivity contribution in [1.82, 2.24) is 10.2 Å². The molecule has 1 heterocycles. The van der Waals surface area contributed by atoms with E-state index in [1.54, 1.807) is 0 Å². The Morgan fingerprint density at radius 2 is 1.88 bits per heavy atom. The Balaban J connectivity index is 1.33. The van der Waals surface area contributed by atoms with Crippen LogP contribution in [0, 0.1) is 0 Å². The van der Waals surface area contributed by atoms with E-state index in [0.29, 0.717) is 13.0 Å². The Labute approximate surface area is 163 Å². The standard InChI is InChI=1S/C21H25BrN2O2/c22-18-7-4-8-20(15-18)26-14-11-21(25)23-19-9-12-24(13-10-19)16-17-5-2-1-3-6-17/h1-8,15,19H,9-14,16H2,(H,23,25). The van der Waals surface area contributed by atoms with Gasteiger partial charge in [0.25, 0.3) is 0 Å². The number of likely N-dealkylation sites (tertiary alicyclic amines) is 1. The van der Waals surface area contributed by atoms with Crippen LogP contribution < -0.4 is 10.1 Å². The maximum Gasteiger partial charge on any atom is 0.223 e. The molecule has 0 bridgehead atoms. The van der Waals surface area contributed by atoms with Crippen molar-refractivity contribution in [2.45, 2.75) is 31.8 Å². The number of carbonyl (C=O) groups excluding carboxylic acids is 1. The highest BCUT2D eigenvalue weighted by molar-refractivity contribution is 9.10. The van der Waals surface area contributed by atoms with Crippen LogP contribution in [0.3, 0.4) is 0 Å². The molecule has 138 valence electrons. The highest BCUT2D eigenvalue weighted by Gasteiger charge is 2.20. The second kappa shape index (κ2) is 9.74. The molecule has 2 aromatic rings. The Kier molecular flexibility index (Phi) is 7.09. The van der Waals surface area contributed by atoms with Crippen LogP contribution in [-0.2, 0) is 11.3 Å². The van der Waals surface area contributed by atoms with E-state index in [9.17, 15) is 4.79 Å². The zero-order valence-corrected chi connectivity index (χ0v) is 16.5. The van der Waals surface area contributed by atoms with Crippen LogP contribution in [0.2, 0.25) is 0 Å². The maximum absolute atomic E-state index is 12.1. The second-order valence-corrected chi connectivity index (χ2v) is 7.58. The van der Waals surface area contributed by atoms with Crippen molar-refractivity contribution in [3.8, 4) is 5.75 Å². The first kappa shape index (κ1) is 18.9. The smallest absolute Gasteiger partial charge is 0.223 e. The average Bonchev–Trinajstić information content (AvgIpc) is 2.64. The lowest BCUT2D eigenvalue weighted by Crippen LogP contribution is -2.44. The molecule has 2 aromatic carbocycles. The van der Waals surface area contributed by atoms with Crippen LogP contribution >= 0.6 is 15.9 Å². The van der Waals surface area contributed by atoms with Gasteiger partial charge in [-0.05, 0) is 36.6 Å². The van der Waals surface area contributed by atoms with Crippen molar-refractivity contribution in [2.75, 3.05) is 19.7 Å². The lowest BCUT2D eigenvalue weighted by molar-refractivity contribution is -0.122. The third kappa shape index (κ3) is 6.15. The largest absolute Gasteiger partial charge is 0.493 e. The normalized spacial score (nSPS) is 15.6. The van der Waals surface area contributed by atoms with Crippen LogP contribution in [-0.4, -0.2) is 36.5 Å². The van der Waals surface area contributed by atoms with Gasteiger partial charge in [-0.3, -0.25) is 9.69 Å². The molecule has 0 saturated carbocycles. The Hall–Kier alpha value is -1.85. The number of nitrogens with zero attached hydrogens (tertiary/aromatic N) is 1. The molecule has 0 atom stereocenters. The van der Waals surface area contributed by atoms with E-state index < -0.39 is 0 Å². The van der Waals surface area contributed by atoms with E-state index in [-0.39, 0.29) is 11.9 Å². The fraction of sp³-hybridized carbons (Fsp3) is 0.381. The molecule has 1 amide bonds. The predicted octanol–water partition coefficient (Wildman–Crippen LogP) is 4.00. The summed E-state index contributed by atoms with van der Waals surface area (Å²) in [5, 5.41) is 3.15. The predicted molar refractivity (Wildman–Crippen MR) is 107 cm³/mol. The first-order chi connectivity index (χ1) is 12.7. The number of benzene rings is 2. The molecule has 4 nitrogen and oxygen atoms in total. The molecule has 1 N–H and O–H groups in total. The number of hydrogen-bond acceptors (Lipinski definition) is 3. The topological polar surface area (TPSA) is 41.6 Å². The van der Waals surface area contributed by atoms with Gasteiger partial charge in [0, 0.05) is 30.1 Å². The Morgan fingerprint density at radius 3 is 2.62 bits per heavy atom. The van der Waals surface area contributed by atoms with E-state index in [4.69, 9.17) is 4.74 Å². The summed E-state index contributed by atoms with van der Waals surface area (Å²) in [4.78, 5) is 14.6. The van der Waals surface area contributed by atoms with Crippen LogP contribution in [0.25, 0.3) is 0 Å². The van der Waals surface area contributed by atoms with Crippen LogP contribution in [0.4, 0.5) is 0 Å². The number of amides is 1. The number of nitrogens with one attached hydrogen (secondary N) is 1. The molecule has 0 aliphatic carbocycles. The summed E-state index contributed by atoms with van der Waals surface area (Å²) in [5.74, 6) is 0.850. The van der Waals surface area contributed by atoms with Crippen LogP contribution in [0.15, 0.2) is 59.1 Å². The zero-order chi connectivity index (χ0) is 18.2. The van der Waals surface area contributed by atoms with Gasteiger partial charge < -0.3 is 10.1 Å². The minimum atomic E-state index is 0.0708. The molecule has 3 rings (SSSR count). The third-order valence-electron chi connectivity index (χ3n) is 4.60. The van der Waals surface area contributed by atoms with Gasteiger partial charge in [0.05, 0.1) is 13.0 Å². The summed E-state index contributed by atoms with van der Waals surface area (Å²) in [5.41, 5.74) is 1.35. The van der Waals surface area contributed by atoms with Crippen molar-refractivity contribution in [2.24, 2.45) is 0 Å². The summed E-state index contributed by atoms with van der Waals surface area (Å²) in [6.07, 6.45) is 2.40. The van der Waals surface area contributed by atoms with Gasteiger partial charge in [0.2, 0.25) is 5.91 Å². The van der Waals surface area contributed by atoms with Crippen LogP contribution in [0.1, 0.15) is 24.8 Å². The zero-order valence-electron chi connectivity index (χ0n) is 14.9. The van der Waals surface area contributed by atoms with Crippen molar-refractivity contribution >= 4 is 21.8 Å². The van der Waals surface area contributed by atoms with E-state index in [1.165, 1.54) is 5.56 Å². The number of rotatable bonds is 7. The molecule has 1 aliphatic rings. The molecule has 1 saturated heterocycles. The number of halogens is 1. The fourth-order valence-corrected chi connectivity index (χ4v) is 3.57. The van der Waals surface area contributed by atoms with Gasteiger partial charge in [-0.15, -0.1) is 0 Å². The molecule has 5 heteroatoms. The third-order valence-corrected chi connectivity index (χ3v) is 5.09. The first-order valence-corrected chi connectivity index (χ1v) is 9.92. The van der Waals surface area contributed by atoms with E-state index >= 15 is 0 Å². The molecule has 0 aromatic heterocycles. The lowest BCUT2D eigenvalue weighted by atomic mass is 10.0. The van der Waals surface area contributed by atoms with Gasteiger partial charge in [-0.1, -0.05) is 52.3 Å². The number of carbonyl (C=O) groups is 1. The summed E-state index contributed by atoms with van der Waals surface area (Å²) in [6, 6.07) is 18.5. The summed E-state index contributed by atoms with van der Waals surface area (Å²) in [7, 11) is 0. The van der Waals surface area contributed by atoms with Crippen molar-refractivity contribution in [3.63, 3.8) is 0 Å². The van der Waals surface area contributed by atoms with E-state index in [2.05, 4.69) is 50.4 Å². The SMILES string of the molecule is O=C(CCOc1cccc(Br)c1)NC1CCN(Cc2ccccc2)CC1. The van der Waals surface area contributed by atoms with Gasteiger partial charge >= 0.3 is 0 Å². The van der Waals surface area contributed by atoms with E-state index in [1.807, 2.05) is 30.3 Å². The Bertz CT molecular complexity index is 700. The molecule has 0 radical (unpaired) electrons. The lowest BCUT2D eigenvalue weighted by Gasteiger charge is -2.32. The minimum absolute atomic E-state index is 0.0708. The molecule has 26 heavy (non-hydrogen) atoms. The first-order valence-electron chi connectivity index (χ1n) is 9.13. The number of ether oxygens (including phenoxy) is 1. The summed E-state index contributed by atoms with van der Waals surface area (Å²) < 4.78 is 6.60. The molecular weight excluding hydrogens is 392 g/mol. The highest BCUT2D eigenvalue weighted by atomic mass is 79.9. The van der Waals surface area contributed by atoms with Crippen molar-refractivity contribution in [1.29, 1.82) is 0 Å². The molecular formula is C21H25BrN2O2. The van der Waals surface area contributed by atoms with E-state index in [0.717, 1.165) is 42.7 Å². The van der Waals surface area contributed by atoms with Crippen molar-refractivity contribution in [3.05, 3.63) is 64.6 Å². The minimum Gasteiger partial charge on any atom is -0.493 e. The monoisotopic (exact) mass is 416 g/mol. The average molecular weight is 417 g/mol. The number of hydrogen-bond donors (Lipinski definition) is 1. The number of piperidine rings is 1. The Morgan fingerprint density at radius 1 is 1.12 bits per heavy atom. The second-order valence-electron chi connectivity index (χ2n) is 6.66. The fourth-order valence-electron chi connectivity index (χ4n) is 3.20. The van der Waals surface area contributed by atoms with Gasteiger partial charge in [0.15, 0.2) is 0 Å². The summed E-state index contributed by atoms with van der Waals surface area (Å²) >= 11 is 3.41. The molecule has 0 unspecified atom stereocenters.